The lowest BCUT2D eigenvalue weighted by Crippen LogP contribution is -2.41. The van der Waals surface area contributed by atoms with Crippen molar-refractivity contribution < 1.29 is 9.72 Å². The monoisotopic (exact) mass is 299 g/mol. The van der Waals surface area contributed by atoms with Crippen LogP contribution in [0.25, 0.3) is 0 Å². The number of nitrogens with zero attached hydrogens (tertiary/aromatic N) is 1. The fourth-order valence-corrected chi connectivity index (χ4v) is 2.09. The quantitative estimate of drug-likeness (QED) is 0.623. The van der Waals surface area contributed by atoms with Gasteiger partial charge in [-0.2, -0.15) is 0 Å². The molecule has 1 aromatic carbocycles. The topological polar surface area (TPSA) is 98.3 Å². The van der Waals surface area contributed by atoms with Crippen LogP contribution in [0.3, 0.4) is 0 Å². The van der Waals surface area contributed by atoms with E-state index in [-0.39, 0.29) is 28.8 Å². The van der Waals surface area contributed by atoms with Crippen LogP contribution in [-0.2, 0) is 4.79 Å². The van der Waals surface area contributed by atoms with Gasteiger partial charge in [-0.3, -0.25) is 14.9 Å². The van der Waals surface area contributed by atoms with Crippen LogP contribution < -0.4 is 11.1 Å². The number of hydrogen-bond acceptors (Lipinski definition) is 4. The summed E-state index contributed by atoms with van der Waals surface area (Å²) in [6.45, 7) is 3.97. The van der Waals surface area contributed by atoms with Crippen molar-refractivity contribution >= 4 is 28.9 Å². The van der Waals surface area contributed by atoms with Crippen LogP contribution in [0.5, 0.6) is 0 Å². The lowest BCUT2D eigenvalue weighted by atomic mass is 9.81. The number of amides is 1. The Labute approximate surface area is 122 Å². The van der Waals surface area contributed by atoms with Crippen molar-refractivity contribution in [3.63, 3.8) is 0 Å². The summed E-state index contributed by atoms with van der Waals surface area (Å²) in [5.41, 5.74) is 5.11. The molecular weight excluding hydrogens is 282 g/mol. The van der Waals surface area contributed by atoms with Gasteiger partial charge in [0.05, 0.1) is 21.0 Å². The van der Waals surface area contributed by atoms with Gasteiger partial charge in [-0.1, -0.05) is 25.4 Å². The lowest BCUT2D eigenvalue weighted by molar-refractivity contribution is -0.384. The van der Waals surface area contributed by atoms with Crippen molar-refractivity contribution in [3.8, 4) is 0 Å². The summed E-state index contributed by atoms with van der Waals surface area (Å²) in [7, 11) is 0. The lowest BCUT2D eigenvalue weighted by Gasteiger charge is -2.28. The number of carbonyl (C=O) groups excluding carboxylic acids is 1. The van der Waals surface area contributed by atoms with Crippen LogP contribution >= 0.6 is 11.6 Å². The van der Waals surface area contributed by atoms with E-state index in [1.54, 1.807) is 0 Å². The second-order valence-corrected chi connectivity index (χ2v) is 4.97. The van der Waals surface area contributed by atoms with Crippen LogP contribution in [-0.4, -0.2) is 17.4 Å². The first-order valence-corrected chi connectivity index (χ1v) is 6.73. The molecule has 6 nitrogen and oxygen atoms in total. The predicted octanol–water partition coefficient (Wildman–Crippen LogP) is 2.95. The average Bonchev–Trinajstić information content (AvgIpc) is 2.43. The number of nitro groups is 1. The van der Waals surface area contributed by atoms with Crippen molar-refractivity contribution in [2.45, 2.75) is 26.7 Å². The highest BCUT2D eigenvalue weighted by Crippen LogP contribution is 2.31. The normalized spacial score (nSPS) is 11.2. The third kappa shape index (κ3) is 3.26. The highest BCUT2D eigenvalue weighted by atomic mass is 35.5. The Morgan fingerprint density at radius 1 is 1.45 bits per heavy atom. The van der Waals surface area contributed by atoms with Gasteiger partial charge >= 0.3 is 0 Å². The van der Waals surface area contributed by atoms with Gasteiger partial charge in [0.15, 0.2) is 0 Å². The van der Waals surface area contributed by atoms with Crippen molar-refractivity contribution in [1.29, 1.82) is 0 Å². The fourth-order valence-electron chi connectivity index (χ4n) is 1.93. The Kier molecular flexibility index (Phi) is 5.47. The summed E-state index contributed by atoms with van der Waals surface area (Å²) >= 11 is 5.96. The molecular formula is C13H18ClN3O3. The van der Waals surface area contributed by atoms with Gasteiger partial charge in [-0.25, -0.2) is 0 Å². The van der Waals surface area contributed by atoms with E-state index in [0.717, 1.165) is 0 Å². The molecule has 0 saturated carbocycles. The largest absolute Gasteiger partial charge is 0.329 e. The van der Waals surface area contributed by atoms with Crippen molar-refractivity contribution in [1.82, 2.24) is 0 Å². The van der Waals surface area contributed by atoms with Gasteiger partial charge in [0.1, 0.15) is 0 Å². The number of anilines is 1. The number of rotatable bonds is 6. The minimum atomic E-state index is -0.687. The summed E-state index contributed by atoms with van der Waals surface area (Å²) in [6.07, 6.45) is 1.16. The van der Waals surface area contributed by atoms with E-state index in [1.165, 1.54) is 18.2 Å². The Morgan fingerprint density at radius 2 is 2.05 bits per heavy atom. The van der Waals surface area contributed by atoms with Gasteiger partial charge in [0, 0.05) is 18.7 Å². The molecule has 0 saturated heterocycles. The Bertz CT molecular complexity index is 507. The van der Waals surface area contributed by atoms with Crippen LogP contribution in [0.4, 0.5) is 11.4 Å². The molecule has 0 aromatic heterocycles. The van der Waals surface area contributed by atoms with Gasteiger partial charge in [-0.05, 0) is 18.9 Å². The Hall–Kier alpha value is -1.66. The minimum Gasteiger partial charge on any atom is -0.329 e. The number of halogens is 1. The fraction of sp³-hybridized carbons (Fsp3) is 0.462. The van der Waals surface area contributed by atoms with Crippen LogP contribution in [0.2, 0.25) is 5.02 Å². The maximum atomic E-state index is 12.3. The van der Waals surface area contributed by atoms with Crippen LogP contribution in [0, 0.1) is 15.5 Å². The number of benzene rings is 1. The first-order valence-electron chi connectivity index (χ1n) is 6.35. The summed E-state index contributed by atoms with van der Waals surface area (Å²) in [4.78, 5) is 22.5. The predicted molar refractivity (Wildman–Crippen MR) is 78.8 cm³/mol. The molecule has 1 aromatic rings. The number of nitrogens with one attached hydrogen (secondary N) is 1. The molecule has 3 N–H and O–H groups in total. The highest BCUT2D eigenvalue weighted by molar-refractivity contribution is 6.33. The summed E-state index contributed by atoms with van der Waals surface area (Å²) < 4.78 is 0. The zero-order chi connectivity index (χ0) is 15.3. The van der Waals surface area contributed by atoms with Gasteiger partial charge in [0.25, 0.3) is 5.69 Å². The SMILES string of the molecule is CCC(CC)(CN)C(=O)Nc1cc([N+](=O)[O-])ccc1Cl. The molecule has 0 aliphatic rings. The van der Waals surface area contributed by atoms with Gasteiger partial charge < -0.3 is 11.1 Å². The molecule has 0 aliphatic carbocycles. The van der Waals surface area contributed by atoms with E-state index in [9.17, 15) is 14.9 Å². The molecule has 0 spiro atoms. The molecule has 20 heavy (non-hydrogen) atoms. The highest BCUT2D eigenvalue weighted by Gasteiger charge is 2.33. The van der Waals surface area contributed by atoms with Crippen LogP contribution in [0.15, 0.2) is 18.2 Å². The first kappa shape index (κ1) is 16.4. The molecule has 7 heteroatoms. The first-order chi connectivity index (χ1) is 9.40. The van der Waals surface area contributed by atoms with Gasteiger partial charge in [0.2, 0.25) is 5.91 Å². The summed E-state index contributed by atoms with van der Waals surface area (Å²) in [5.74, 6) is -0.271. The van der Waals surface area contributed by atoms with E-state index in [1.807, 2.05) is 13.8 Å². The van der Waals surface area contributed by atoms with Crippen molar-refractivity contribution in [3.05, 3.63) is 33.3 Å². The number of nitro benzene ring substituents is 1. The third-order valence-electron chi connectivity index (χ3n) is 3.63. The smallest absolute Gasteiger partial charge is 0.271 e. The van der Waals surface area contributed by atoms with Gasteiger partial charge in [-0.15, -0.1) is 0 Å². The molecule has 0 heterocycles. The standard InChI is InChI=1S/C13H18ClN3O3/c1-3-13(4-2,8-15)12(18)16-11-7-9(17(19)20)5-6-10(11)14/h5-7H,3-4,8,15H2,1-2H3,(H,16,18). The molecule has 0 fully saturated rings. The molecule has 110 valence electrons. The number of carbonyl (C=O) groups is 1. The maximum absolute atomic E-state index is 12.3. The molecule has 0 bridgehead atoms. The van der Waals surface area contributed by atoms with Crippen molar-refractivity contribution in [2.24, 2.45) is 11.1 Å². The molecule has 0 unspecified atom stereocenters. The average molecular weight is 300 g/mol. The number of hydrogen-bond donors (Lipinski definition) is 2. The number of nitrogens with two attached hydrogens (primary N) is 1. The Morgan fingerprint density at radius 3 is 2.50 bits per heavy atom. The Balaban J connectivity index is 3.06. The second-order valence-electron chi connectivity index (χ2n) is 4.57. The van der Waals surface area contributed by atoms with E-state index in [4.69, 9.17) is 17.3 Å². The molecule has 1 rings (SSSR count). The maximum Gasteiger partial charge on any atom is 0.271 e. The summed E-state index contributed by atoms with van der Waals surface area (Å²) in [6, 6.07) is 3.91. The second kappa shape index (κ2) is 6.67. The minimum absolute atomic E-state index is 0.129. The number of non-ortho nitro benzene ring substituents is 1. The van der Waals surface area contributed by atoms with E-state index in [0.29, 0.717) is 12.8 Å². The zero-order valence-electron chi connectivity index (χ0n) is 11.5. The van der Waals surface area contributed by atoms with Crippen LogP contribution in [0.1, 0.15) is 26.7 Å². The molecule has 0 radical (unpaired) electrons. The molecule has 0 atom stereocenters. The molecule has 1 amide bonds. The van der Waals surface area contributed by atoms with E-state index < -0.39 is 10.3 Å². The zero-order valence-corrected chi connectivity index (χ0v) is 12.2. The summed E-state index contributed by atoms with van der Waals surface area (Å²) in [5, 5.41) is 13.6. The third-order valence-corrected chi connectivity index (χ3v) is 3.96. The van der Waals surface area contributed by atoms with E-state index in [2.05, 4.69) is 5.32 Å². The molecule has 0 aliphatic heterocycles. The van der Waals surface area contributed by atoms with E-state index >= 15 is 0 Å². The van der Waals surface area contributed by atoms with Crippen molar-refractivity contribution in [2.75, 3.05) is 11.9 Å².